The summed E-state index contributed by atoms with van der Waals surface area (Å²) < 4.78 is 39.0. The molecular weight excluding hydrogens is 519 g/mol. The predicted molar refractivity (Wildman–Crippen MR) is 171 cm³/mol. The van der Waals surface area contributed by atoms with Gasteiger partial charge in [0, 0.05) is 12.5 Å². The Morgan fingerprint density at radius 2 is 1.56 bits per heavy atom. The monoisotopic (exact) mass is 573 g/mol. The number of halogens is 3. The third-order valence-electron chi connectivity index (χ3n) is 7.65. The summed E-state index contributed by atoms with van der Waals surface area (Å²) in [6.07, 6.45) is 1.70. The fourth-order valence-electron chi connectivity index (χ4n) is 5.03. The van der Waals surface area contributed by atoms with E-state index in [1.54, 1.807) is 0 Å². The second-order valence-corrected chi connectivity index (χ2v) is 12.4. The smallest absolute Gasteiger partial charge is 0.293 e. The zero-order chi connectivity index (χ0) is 30.7. The number of nitrogens with zero attached hydrogens (tertiary/aromatic N) is 1. The Kier molecular flexibility index (Phi) is 15.6. The molecule has 0 amide bonds. The number of ketones is 1. The number of hydrogen-bond acceptors (Lipinski definition) is 2. The van der Waals surface area contributed by atoms with Gasteiger partial charge in [-0.25, -0.2) is 0 Å². The summed E-state index contributed by atoms with van der Waals surface area (Å²) in [7, 11) is 0. The molecule has 0 N–H and O–H groups in total. The van der Waals surface area contributed by atoms with E-state index in [-0.39, 0.29) is 29.9 Å². The van der Waals surface area contributed by atoms with Crippen LogP contribution in [0.3, 0.4) is 0 Å². The highest BCUT2D eigenvalue weighted by Crippen LogP contribution is 2.43. The van der Waals surface area contributed by atoms with Crippen molar-refractivity contribution in [3.63, 3.8) is 0 Å². The maximum atomic E-state index is 13.0. The number of carbonyl (C=O) groups excluding carboxylic acids is 1. The summed E-state index contributed by atoms with van der Waals surface area (Å²) in [5.41, 5.74) is 2.36. The maximum absolute atomic E-state index is 13.0. The number of hydrogen-bond donors (Lipinski definition) is 0. The zero-order valence-corrected chi connectivity index (χ0v) is 25.9. The molecule has 0 spiro atoms. The van der Waals surface area contributed by atoms with Crippen LogP contribution in [0.15, 0.2) is 66.7 Å². The van der Waals surface area contributed by atoms with Crippen LogP contribution >= 0.6 is 0 Å². The second-order valence-electron chi connectivity index (χ2n) is 12.4. The predicted octanol–water partition coefficient (Wildman–Crippen LogP) is 11.3. The van der Waals surface area contributed by atoms with Crippen molar-refractivity contribution in [3.8, 4) is 0 Å². The lowest BCUT2D eigenvalue weighted by Gasteiger charge is -2.40. The molecule has 2 nitrogen and oxygen atoms in total. The minimum absolute atomic E-state index is 0. The Labute approximate surface area is 248 Å². The molecule has 3 rings (SSSR count). The molecule has 0 bridgehead atoms. The largest absolute Gasteiger partial charge is 0.416 e. The Morgan fingerprint density at radius 1 is 1.02 bits per heavy atom. The van der Waals surface area contributed by atoms with Crippen LogP contribution in [-0.2, 0) is 17.4 Å². The number of aryl methyl sites for hydroxylation is 1. The lowest BCUT2D eigenvalue weighted by Crippen LogP contribution is -2.35. The molecule has 0 radical (unpaired) electrons. The molecule has 1 aliphatic rings. The van der Waals surface area contributed by atoms with Gasteiger partial charge in [0.25, 0.3) is 0 Å². The van der Waals surface area contributed by atoms with Crippen molar-refractivity contribution in [2.24, 2.45) is 16.3 Å². The van der Waals surface area contributed by atoms with E-state index in [1.165, 1.54) is 43.0 Å². The standard InChI is InChI=1S/C21H28F3NO.C12H18.C2H4.CH4/c1-14(26)18(15-7-6-8-17(13-15)21(22,23)24)25-20(5)11-9-16(10-12-20)19(2,3)4;1-4-5-11-6-8-12(9-7-11)10(2)3;1-2;/h6-8,13,16H,9-12H2,1-5H3;6-10H,4-5H2,1-3H3;1-2H2;1H4. The van der Waals surface area contributed by atoms with E-state index in [0.29, 0.717) is 11.8 Å². The van der Waals surface area contributed by atoms with Gasteiger partial charge < -0.3 is 0 Å². The zero-order valence-electron chi connectivity index (χ0n) is 25.9. The van der Waals surface area contributed by atoms with E-state index < -0.39 is 17.3 Å². The summed E-state index contributed by atoms with van der Waals surface area (Å²) in [5.74, 6) is 0.948. The molecule has 0 unspecified atom stereocenters. The SMILES string of the molecule is C.C=C.CC(=O)C(=NC1(C)CCC(C(C)(C)C)CC1)c1cccc(C(F)(F)F)c1.CCCc1ccc(C(C)C)cc1. The van der Waals surface area contributed by atoms with E-state index in [2.05, 4.69) is 84.0 Å². The van der Waals surface area contributed by atoms with Crippen LogP contribution in [0.4, 0.5) is 13.2 Å². The molecule has 2 aromatic carbocycles. The van der Waals surface area contributed by atoms with Crippen LogP contribution in [0, 0.1) is 11.3 Å². The molecule has 0 atom stereocenters. The van der Waals surface area contributed by atoms with Crippen molar-refractivity contribution in [1.82, 2.24) is 0 Å². The van der Waals surface area contributed by atoms with E-state index in [9.17, 15) is 18.0 Å². The van der Waals surface area contributed by atoms with Crippen LogP contribution in [-0.4, -0.2) is 17.0 Å². The highest BCUT2D eigenvalue weighted by atomic mass is 19.4. The summed E-state index contributed by atoms with van der Waals surface area (Å²) >= 11 is 0. The lowest BCUT2D eigenvalue weighted by atomic mass is 9.68. The first kappa shape index (κ1) is 38.3. The molecule has 230 valence electrons. The van der Waals surface area contributed by atoms with Gasteiger partial charge in [-0.3, -0.25) is 9.79 Å². The fraction of sp³-hybridized carbons (Fsp3) is 0.556. The van der Waals surface area contributed by atoms with Crippen LogP contribution in [0.25, 0.3) is 0 Å². The van der Waals surface area contributed by atoms with Crippen LogP contribution in [0.5, 0.6) is 0 Å². The molecule has 41 heavy (non-hydrogen) atoms. The number of benzene rings is 2. The van der Waals surface area contributed by atoms with E-state index >= 15 is 0 Å². The summed E-state index contributed by atoms with van der Waals surface area (Å²) in [4.78, 5) is 16.8. The van der Waals surface area contributed by atoms with Crippen molar-refractivity contribution in [2.75, 3.05) is 0 Å². The van der Waals surface area contributed by atoms with E-state index in [4.69, 9.17) is 0 Å². The number of alkyl halides is 3. The van der Waals surface area contributed by atoms with Gasteiger partial charge in [-0.15, -0.1) is 13.2 Å². The lowest BCUT2D eigenvalue weighted by molar-refractivity contribution is -0.137. The van der Waals surface area contributed by atoms with Gasteiger partial charge in [0.05, 0.1) is 11.1 Å². The van der Waals surface area contributed by atoms with Crippen LogP contribution < -0.4 is 0 Å². The van der Waals surface area contributed by atoms with Crippen LogP contribution in [0.1, 0.15) is 123 Å². The second kappa shape index (κ2) is 16.7. The molecule has 0 heterocycles. The first-order chi connectivity index (χ1) is 18.6. The Hall–Kier alpha value is -2.69. The van der Waals surface area contributed by atoms with Gasteiger partial charge in [-0.1, -0.05) is 91.8 Å². The Morgan fingerprint density at radius 3 is 1.98 bits per heavy atom. The summed E-state index contributed by atoms with van der Waals surface area (Å²) in [6.45, 7) is 22.7. The van der Waals surface area contributed by atoms with Gasteiger partial charge in [0.1, 0.15) is 5.71 Å². The van der Waals surface area contributed by atoms with Crippen molar-refractivity contribution in [3.05, 3.63) is 83.9 Å². The number of rotatable bonds is 6. The number of Topliss-reactive ketones (excluding diaryl/α,β-unsaturated/α-hetero) is 1. The van der Waals surface area contributed by atoms with Gasteiger partial charge in [-0.05, 0) is 79.5 Å². The average Bonchev–Trinajstić information content (AvgIpc) is 2.88. The van der Waals surface area contributed by atoms with E-state index in [1.807, 2.05) is 6.92 Å². The van der Waals surface area contributed by atoms with Crippen LogP contribution in [0.2, 0.25) is 0 Å². The van der Waals surface area contributed by atoms with Gasteiger partial charge in [-0.2, -0.15) is 13.2 Å². The van der Waals surface area contributed by atoms with Gasteiger partial charge >= 0.3 is 6.18 Å². The molecule has 1 aliphatic carbocycles. The Balaban J connectivity index is 0.000000896. The normalized spacial score (nSPS) is 19.2. The van der Waals surface area contributed by atoms with Gasteiger partial charge in [0.15, 0.2) is 5.78 Å². The highest BCUT2D eigenvalue weighted by Gasteiger charge is 2.36. The third kappa shape index (κ3) is 12.4. The first-order valence-corrected chi connectivity index (χ1v) is 14.4. The van der Waals surface area contributed by atoms with Crippen molar-refractivity contribution < 1.29 is 18.0 Å². The van der Waals surface area contributed by atoms with Crippen molar-refractivity contribution in [1.29, 1.82) is 0 Å². The minimum atomic E-state index is -4.44. The molecule has 0 aromatic heterocycles. The third-order valence-corrected chi connectivity index (χ3v) is 7.65. The molecule has 5 heteroatoms. The molecular formula is C36H54F3NO. The quantitative estimate of drug-likeness (QED) is 0.250. The average molecular weight is 574 g/mol. The molecule has 0 aliphatic heterocycles. The molecule has 1 saturated carbocycles. The molecule has 0 saturated heterocycles. The summed E-state index contributed by atoms with van der Waals surface area (Å²) in [5, 5.41) is 0. The fourth-order valence-corrected chi connectivity index (χ4v) is 5.03. The topological polar surface area (TPSA) is 29.4 Å². The number of carbonyl (C=O) groups is 1. The first-order valence-electron chi connectivity index (χ1n) is 14.4. The minimum Gasteiger partial charge on any atom is -0.293 e. The number of aliphatic imine (C=N–C) groups is 1. The summed E-state index contributed by atoms with van der Waals surface area (Å²) in [6, 6.07) is 13.9. The Bertz CT molecular complexity index is 1080. The van der Waals surface area contributed by atoms with Gasteiger partial charge in [0.2, 0.25) is 0 Å². The van der Waals surface area contributed by atoms with E-state index in [0.717, 1.165) is 37.8 Å². The molecule has 1 fully saturated rings. The van der Waals surface area contributed by atoms with Crippen molar-refractivity contribution >= 4 is 11.5 Å². The maximum Gasteiger partial charge on any atom is 0.416 e. The van der Waals surface area contributed by atoms with Crippen molar-refractivity contribution in [2.45, 2.75) is 119 Å². The highest BCUT2D eigenvalue weighted by molar-refractivity contribution is 6.45. The molecule has 2 aromatic rings.